The molecule has 5 heteroatoms. The minimum atomic E-state index is -0.0764. The van der Waals surface area contributed by atoms with Gasteiger partial charge in [0.05, 0.1) is 20.8 Å². The number of methoxy groups -OCH3 is 2. The Morgan fingerprint density at radius 2 is 1.88 bits per heavy atom. The molecule has 0 spiro atoms. The Labute approximate surface area is 143 Å². The number of likely N-dealkylation sites (N-methyl/N-ethyl adjacent to an activating group) is 1. The standard InChI is InChI=1S/C19H24N2O3/c1-14(17-10-5-6-11-18(17)24-4)21(2)13-19(22)20-15-8-7-9-16(12-15)23-3/h5-12,14H,13H2,1-4H3,(H,20,22). The number of nitrogens with zero attached hydrogens (tertiary/aromatic N) is 1. The topological polar surface area (TPSA) is 50.8 Å². The second-order valence-corrected chi connectivity index (χ2v) is 5.61. The Bertz CT molecular complexity index is 688. The quantitative estimate of drug-likeness (QED) is 0.847. The zero-order valence-electron chi connectivity index (χ0n) is 14.6. The molecule has 0 aliphatic rings. The van der Waals surface area contributed by atoms with E-state index < -0.39 is 0 Å². The number of hydrogen-bond donors (Lipinski definition) is 1. The third-order valence-corrected chi connectivity index (χ3v) is 4.00. The van der Waals surface area contributed by atoms with Gasteiger partial charge >= 0.3 is 0 Å². The predicted molar refractivity (Wildman–Crippen MR) is 95.7 cm³/mol. The lowest BCUT2D eigenvalue weighted by Crippen LogP contribution is -2.32. The van der Waals surface area contributed by atoms with Crippen molar-refractivity contribution in [3.05, 3.63) is 54.1 Å². The molecule has 2 rings (SSSR count). The summed E-state index contributed by atoms with van der Waals surface area (Å²) in [7, 11) is 5.17. The molecule has 5 nitrogen and oxygen atoms in total. The first-order valence-corrected chi connectivity index (χ1v) is 7.82. The van der Waals surface area contributed by atoms with Crippen LogP contribution in [0.25, 0.3) is 0 Å². The zero-order valence-corrected chi connectivity index (χ0v) is 14.6. The monoisotopic (exact) mass is 328 g/mol. The molecule has 128 valence electrons. The van der Waals surface area contributed by atoms with Crippen LogP contribution in [0.15, 0.2) is 48.5 Å². The number of anilines is 1. The number of para-hydroxylation sites is 1. The van der Waals surface area contributed by atoms with E-state index in [0.717, 1.165) is 17.0 Å². The van der Waals surface area contributed by atoms with Gasteiger partial charge in [0.2, 0.25) is 5.91 Å². The van der Waals surface area contributed by atoms with Crippen LogP contribution in [0, 0.1) is 0 Å². The maximum Gasteiger partial charge on any atom is 0.238 e. The van der Waals surface area contributed by atoms with Crippen LogP contribution in [0.2, 0.25) is 0 Å². The van der Waals surface area contributed by atoms with Gasteiger partial charge in [-0.2, -0.15) is 0 Å². The summed E-state index contributed by atoms with van der Waals surface area (Å²) < 4.78 is 10.6. The normalized spacial score (nSPS) is 11.9. The average molecular weight is 328 g/mol. The van der Waals surface area contributed by atoms with Crippen molar-refractivity contribution in [2.75, 3.05) is 33.1 Å². The first-order chi connectivity index (χ1) is 11.5. The van der Waals surface area contributed by atoms with Crippen molar-refractivity contribution >= 4 is 11.6 Å². The van der Waals surface area contributed by atoms with Gasteiger partial charge in [0.25, 0.3) is 0 Å². The maximum atomic E-state index is 12.3. The minimum absolute atomic E-state index is 0.0530. The van der Waals surface area contributed by atoms with Crippen LogP contribution in [0.3, 0.4) is 0 Å². The SMILES string of the molecule is COc1cccc(NC(=O)CN(C)C(C)c2ccccc2OC)c1. The highest BCUT2D eigenvalue weighted by Gasteiger charge is 2.18. The van der Waals surface area contributed by atoms with Crippen LogP contribution in [0.5, 0.6) is 11.5 Å². The number of ether oxygens (including phenoxy) is 2. The summed E-state index contributed by atoms with van der Waals surface area (Å²) in [6, 6.07) is 15.2. The van der Waals surface area contributed by atoms with E-state index >= 15 is 0 Å². The van der Waals surface area contributed by atoms with Crippen LogP contribution in [-0.4, -0.2) is 38.6 Å². The van der Waals surface area contributed by atoms with Crippen molar-refractivity contribution in [1.29, 1.82) is 0 Å². The van der Waals surface area contributed by atoms with Crippen molar-refractivity contribution in [3.63, 3.8) is 0 Å². The highest BCUT2D eigenvalue weighted by molar-refractivity contribution is 5.92. The third kappa shape index (κ3) is 4.49. The Kier molecular flexibility index (Phi) is 6.21. The average Bonchev–Trinajstić information content (AvgIpc) is 2.60. The van der Waals surface area contributed by atoms with Crippen molar-refractivity contribution in [2.24, 2.45) is 0 Å². The molecule has 2 aromatic carbocycles. The Morgan fingerprint density at radius 1 is 1.12 bits per heavy atom. The summed E-state index contributed by atoms with van der Waals surface area (Å²) in [6.07, 6.45) is 0. The van der Waals surface area contributed by atoms with E-state index in [1.54, 1.807) is 20.3 Å². The summed E-state index contributed by atoms with van der Waals surface area (Å²) in [5.74, 6) is 1.46. The third-order valence-electron chi connectivity index (χ3n) is 4.00. The fraction of sp³-hybridized carbons (Fsp3) is 0.316. The van der Waals surface area contributed by atoms with E-state index in [9.17, 15) is 4.79 Å². The highest BCUT2D eigenvalue weighted by Crippen LogP contribution is 2.27. The molecule has 0 aliphatic heterocycles. The Balaban J connectivity index is 2.00. The van der Waals surface area contributed by atoms with E-state index in [0.29, 0.717) is 5.75 Å². The molecule has 0 fully saturated rings. The summed E-state index contributed by atoms with van der Waals surface area (Å²) in [4.78, 5) is 14.3. The van der Waals surface area contributed by atoms with Gasteiger partial charge in [0.1, 0.15) is 11.5 Å². The molecule has 2 aromatic rings. The van der Waals surface area contributed by atoms with Gasteiger partial charge in [0.15, 0.2) is 0 Å². The van der Waals surface area contributed by atoms with Crippen molar-refractivity contribution in [3.8, 4) is 11.5 Å². The molecule has 1 unspecified atom stereocenters. The summed E-state index contributed by atoms with van der Waals surface area (Å²) in [6.45, 7) is 2.33. The van der Waals surface area contributed by atoms with Gasteiger partial charge in [-0.3, -0.25) is 9.69 Å². The molecule has 1 N–H and O–H groups in total. The van der Waals surface area contributed by atoms with Crippen LogP contribution in [0.4, 0.5) is 5.69 Å². The lowest BCUT2D eigenvalue weighted by atomic mass is 10.1. The lowest BCUT2D eigenvalue weighted by molar-refractivity contribution is -0.117. The van der Waals surface area contributed by atoms with Gasteiger partial charge in [-0.25, -0.2) is 0 Å². The first-order valence-electron chi connectivity index (χ1n) is 7.82. The maximum absolute atomic E-state index is 12.3. The van der Waals surface area contributed by atoms with E-state index in [1.165, 1.54) is 0 Å². The summed E-state index contributed by atoms with van der Waals surface area (Å²) in [5.41, 5.74) is 1.77. The minimum Gasteiger partial charge on any atom is -0.497 e. The predicted octanol–water partition coefficient (Wildman–Crippen LogP) is 3.34. The molecule has 0 bridgehead atoms. The van der Waals surface area contributed by atoms with Crippen LogP contribution >= 0.6 is 0 Å². The molecular formula is C19H24N2O3. The van der Waals surface area contributed by atoms with Crippen molar-refractivity contribution < 1.29 is 14.3 Å². The van der Waals surface area contributed by atoms with E-state index in [-0.39, 0.29) is 18.5 Å². The molecular weight excluding hydrogens is 304 g/mol. The Hall–Kier alpha value is -2.53. The number of hydrogen-bond acceptors (Lipinski definition) is 4. The van der Waals surface area contributed by atoms with Crippen LogP contribution < -0.4 is 14.8 Å². The highest BCUT2D eigenvalue weighted by atomic mass is 16.5. The van der Waals surface area contributed by atoms with Gasteiger partial charge in [0, 0.05) is 23.4 Å². The number of amides is 1. The molecule has 0 saturated heterocycles. The van der Waals surface area contributed by atoms with Gasteiger partial charge in [-0.1, -0.05) is 24.3 Å². The number of carbonyl (C=O) groups is 1. The number of nitrogens with one attached hydrogen (secondary N) is 1. The van der Waals surface area contributed by atoms with Crippen LogP contribution in [0.1, 0.15) is 18.5 Å². The zero-order chi connectivity index (χ0) is 17.5. The van der Waals surface area contributed by atoms with Gasteiger partial charge in [-0.15, -0.1) is 0 Å². The fourth-order valence-electron chi connectivity index (χ4n) is 2.51. The second-order valence-electron chi connectivity index (χ2n) is 5.61. The van der Waals surface area contributed by atoms with Gasteiger partial charge in [-0.05, 0) is 32.2 Å². The molecule has 24 heavy (non-hydrogen) atoms. The number of rotatable bonds is 7. The molecule has 0 heterocycles. The van der Waals surface area contributed by atoms with E-state index in [4.69, 9.17) is 9.47 Å². The Morgan fingerprint density at radius 3 is 2.58 bits per heavy atom. The summed E-state index contributed by atoms with van der Waals surface area (Å²) in [5, 5.41) is 2.89. The van der Waals surface area contributed by atoms with Crippen molar-refractivity contribution in [2.45, 2.75) is 13.0 Å². The molecule has 0 radical (unpaired) electrons. The van der Waals surface area contributed by atoms with E-state index in [1.807, 2.05) is 54.4 Å². The van der Waals surface area contributed by atoms with Crippen molar-refractivity contribution in [1.82, 2.24) is 4.90 Å². The summed E-state index contributed by atoms with van der Waals surface area (Å²) >= 11 is 0. The number of benzene rings is 2. The largest absolute Gasteiger partial charge is 0.497 e. The molecule has 0 saturated carbocycles. The van der Waals surface area contributed by atoms with E-state index in [2.05, 4.69) is 12.2 Å². The molecule has 0 aromatic heterocycles. The molecule has 0 aliphatic carbocycles. The lowest BCUT2D eigenvalue weighted by Gasteiger charge is -2.25. The number of carbonyl (C=O) groups excluding carboxylic acids is 1. The molecule has 1 amide bonds. The molecule has 1 atom stereocenters. The second kappa shape index (κ2) is 8.36. The van der Waals surface area contributed by atoms with Crippen LogP contribution in [-0.2, 0) is 4.79 Å². The first kappa shape index (κ1) is 17.8. The smallest absolute Gasteiger partial charge is 0.238 e. The fourth-order valence-corrected chi connectivity index (χ4v) is 2.51. The van der Waals surface area contributed by atoms with Gasteiger partial charge < -0.3 is 14.8 Å².